The van der Waals surface area contributed by atoms with E-state index >= 15 is 0 Å². The molecule has 2 aromatic rings. The molecular formula is C17H13BrCl2N2O2. The topological polar surface area (TPSA) is 49.4 Å². The van der Waals surface area contributed by atoms with Crippen molar-refractivity contribution in [3.63, 3.8) is 0 Å². The third kappa shape index (κ3) is 3.58. The average Bonchev–Trinajstić information content (AvgIpc) is 2.96. The Morgan fingerprint density at radius 3 is 2.58 bits per heavy atom. The predicted molar refractivity (Wildman–Crippen MR) is 100 cm³/mol. The summed E-state index contributed by atoms with van der Waals surface area (Å²) in [6, 6.07) is 10.1. The fraction of sp³-hybridized carbons (Fsp3) is 0.176. The zero-order chi connectivity index (χ0) is 17.3. The molecule has 0 bridgehead atoms. The largest absolute Gasteiger partial charge is 0.321 e. The molecule has 3 rings (SSSR count). The van der Waals surface area contributed by atoms with Gasteiger partial charge < -0.3 is 10.2 Å². The second-order valence-electron chi connectivity index (χ2n) is 5.39. The number of hydrogen-bond donors (Lipinski definition) is 1. The normalized spacial score (nSPS) is 14.1. The van der Waals surface area contributed by atoms with E-state index in [9.17, 15) is 9.59 Å². The van der Waals surface area contributed by atoms with Crippen LogP contribution in [0.5, 0.6) is 0 Å². The Morgan fingerprint density at radius 2 is 1.92 bits per heavy atom. The van der Waals surface area contributed by atoms with Crippen LogP contribution in [0.25, 0.3) is 0 Å². The quantitative estimate of drug-likeness (QED) is 0.737. The maximum atomic E-state index is 12.5. The molecule has 0 aliphatic carbocycles. The van der Waals surface area contributed by atoms with E-state index in [-0.39, 0.29) is 11.8 Å². The zero-order valence-electron chi connectivity index (χ0n) is 12.5. The number of nitrogens with zero attached hydrogens (tertiary/aromatic N) is 1. The summed E-state index contributed by atoms with van der Waals surface area (Å²) in [5.74, 6) is -0.297. The number of rotatable bonds is 3. The third-order valence-corrected chi connectivity index (χ3v) is 4.88. The Bertz CT molecular complexity index is 826. The highest BCUT2D eigenvalue weighted by molar-refractivity contribution is 9.10. The molecule has 1 aliphatic heterocycles. The summed E-state index contributed by atoms with van der Waals surface area (Å²) in [7, 11) is 0. The lowest BCUT2D eigenvalue weighted by Crippen LogP contribution is -2.24. The number of anilines is 2. The van der Waals surface area contributed by atoms with Gasteiger partial charge in [0.2, 0.25) is 5.91 Å². The highest BCUT2D eigenvalue weighted by Crippen LogP contribution is 2.31. The molecule has 0 radical (unpaired) electrons. The van der Waals surface area contributed by atoms with Crippen LogP contribution >= 0.6 is 39.1 Å². The van der Waals surface area contributed by atoms with Gasteiger partial charge in [-0.1, -0.05) is 39.1 Å². The summed E-state index contributed by atoms with van der Waals surface area (Å²) in [6.07, 6.45) is 1.29. The fourth-order valence-corrected chi connectivity index (χ4v) is 3.49. The van der Waals surface area contributed by atoms with Crippen LogP contribution in [0.15, 0.2) is 40.9 Å². The van der Waals surface area contributed by atoms with Crippen molar-refractivity contribution >= 4 is 62.3 Å². The molecule has 1 N–H and O–H groups in total. The molecule has 4 nitrogen and oxygen atoms in total. The van der Waals surface area contributed by atoms with E-state index in [1.807, 2.05) is 0 Å². The van der Waals surface area contributed by atoms with Crippen molar-refractivity contribution < 1.29 is 9.59 Å². The highest BCUT2D eigenvalue weighted by atomic mass is 79.9. The van der Waals surface area contributed by atoms with Gasteiger partial charge in [-0.05, 0) is 42.8 Å². The highest BCUT2D eigenvalue weighted by Gasteiger charge is 2.24. The van der Waals surface area contributed by atoms with Gasteiger partial charge in [0.1, 0.15) is 0 Å². The van der Waals surface area contributed by atoms with Gasteiger partial charge >= 0.3 is 0 Å². The Hall–Kier alpha value is -1.56. The number of amides is 2. The molecule has 7 heteroatoms. The van der Waals surface area contributed by atoms with Crippen LogP contribution < -0.4 is 10.2 Å². The molecule has 1 fully saturated rings. The molecule has 1 saturated heterocycles. The van der Waals surface area contributed by atoms with Crippen molar-refractivity contribution in [2.75, 3.05) is 16.8 Å². The van der Waals surface area contributed by atoms with Gasteiger partial charge in [-0.15, -0.1) is 0 Å². The number of hydrogen-bond acceptors (Lipinski definition) is 2. The molecular weight excluding hydrogens is 415 g/mol. The SMILES string of the molecule is O=C(Nc1ccc(Br)cc1Cl)c1ccc(Cl)c(N2CCCC2=O)c1. The van der Waals surface area contributed by atoms with Crippen molar-refractivity contribution in [1.29, 1.82) is 0 Å². The minimum atomic E-state index is -0.316. The van der Waals surface area contributed by atoms with Crippen LogP contribution in [0.4, 0.5) is 11.4 Å². The lowest BCUT2D eigenvalue weighted by Gasteiger charge is -2.18. The summed E-state index contributed by atoms with van der Waals surface area (Å²) in [4.78, 5) is 26.0. The van der Waals surface area contributed by atoms with Crippen LogP contribution in [-0.2, 0) is 4.79 Å². The zero-order valence-corrected chi connectivity index (χ0v) is 15.6. The van der Waals surface area contributed by atoms with Crippen molar-refractivity contribution in [2.24, 2.45) is 0 Å². The Balaban J connectivity index is 1.86. The monoisotopic (exact) mass is 426 g/mol. The van der Waals surface area contributed by atoms with Crippen LogP contribution in [0.2, 0.25) is 10.0 Å². The Labute approximate surface area is 157 Å². The maximum absolute atomic E-state index is 12.5. The molecule has 2 aromatic carbocycles. The third-order valence-electron chi connectivity index (χ3n) is 3.75. The first-order valence-electron chi connectivity index (χ1n) is 7.32. The fourth-order valence-electron chi connectivity index (χ4n) is 2.55. The lowest BCUT2D eigenvalue weighted by molar-refractivity contribution is -0.117. The molecule has 0 aromatic heterocycles. The van der Waals surface area contributed by atoms with Crippen molar-refractivity contribution in [1.82, 2.24) is 0 Å². The van der Waals surface area contributed by atoms with Gasteiger partial charge in [0.05, 0.1) is 21.4 Å². The standard InChI is InChI=1S/C17H13BrCl2N2O2/c18-11-4-6-14(13(20)9-11)21-17(24)10-3-5-12(19)15(8-10)22-7-1-2-16(22)23/h3-6,8-9H,1-2,7H2,(H,21,24). The van der Waals surface area contributed by atoms with Gasteiger partial charge in [-0.25, -0.2) is 0 Å². The van der Waals surface area contributed by atoms with Gasteiger partial charge in [-0.2, -0.15) is 0 Å². The van der Waals surface area contributed by atoms with E-state index in [0.29, 0.717) is 39.9 Å². The molecule has 0 spiro atoms. The number of nitrogens with one attached hydrogen (secondary N) is 1. The molecule has 2 amide bonds. The van der Waals surface area contributed by atoms with Crippen LogP contribution in [0, 0.1) is 0 Å². The lowest BCUT2D eigenvalue weighted by atomic mass is 10.1. The number of halogens is 3. The minimum Gasteiger partial charge on any atom is -0.321 e. The molecule has 0 saturated carbocycles. The summed E-state index contributed by atoms with van der Waals surface area (Å²) < 4.78 is 0.826. The van der Waals surface area contributed by atoms with E-state index in [2.05, 4.69) is 21.2 Å². The van der Waals surface area contributed by atoms with E-state index in [1.54, 1.807) is 41.3 Å². The van der Waals surface area contributed by atoms with E-state index in [4.69, 9.17) is 23.2 Å². The first-order chi connectivity index (χ1) is 11.5. The van der Waals surface area contributed by atoms with Crippen molar-refractivity contribution in [3.8, 4) is 0 Å². The van der Waals surface area contributed by atoms with E-state index in [1.165, 1.54) is 0 Å². The molecule has 24 heavy (non-hydrogen) atoms. The van der Waals surface area contributed by atoms with Gasteiger partial charge in [0.25, 0.3) is 5.91 Å². The van der Waals surface area contributed by atoms with E-state index in [0.717, 1.165) is 10.9 Å². The Kier molecular flexibility index (Phi) is 5.13. The average molecular weight is 428 g/mol. The summed E-state index contributed by atoms with van der Waals surface area (Å²) in [6.45, 7) is 0.613. The van der Waals surface area contributed by atoms with E-state index < -0.39 is 0 Å². The van der Waals surface area contributed by atoms with Gasteiger partial charge in [-0.3, -0.25) is 9.59 Å². The first kappa shape index (κ1) is 17.3. The maximum Gasteiger partial charge on any atom is 0.255 e. The van der Waals surface area contributed by atoms with Crippen molar-refractivity contribution in [3.05, 3.63) is 56.5 Å². The van der Waals surface area contributed by atoms with Gasteiger partial charge in [0, 0.05) is 23.0 Å². The number of carbonyl (C=O) groups excluding carboxylic acids is 2. The van der Waals surface area contributed by atoms with Crippen LogP contribution in [0.3, 0.4) is 0 Å². The van der Waals surface area contributed by atoms with Crippen molar-refractivity contribution in [2.45, 2.75) is 12.8 Å². The second kappa shape index (κ2) is 7.13. The smallest absolute Gasteiger partial charge is 0.255 e. The summed E-state index contributed by atoms with van der Waals surface area (Å²) in [5.41, 5.74) is 1.49. The number of benzene rings is 2. The minimum absolute atomic E-state index is 0.0189. The summed E-state index contributed by atoms with van der Waals surface area (Å²) in [5, 5.41) is 3.64. The summed E-state index contributed by atoms with van der Waals surface area (Å²) >= 11 is 15.6. The van der Waals surface area contributed by atoms with Gasteiger partial charge in [0.15, 0.2) is 0 Å². The molecule has 0 unspecified atom stereocenters. The molecule has 1 aliphatic rings. The first-order valence-corrected chi connectivity index (χ1v) is 8.87. The second-order valence-corrected chi connectivity index (χ2v) is 7.12. The molecule has 1 heterocycles. The molecule has 0 atom stereocenters. The molecule has 124 valence electrons. The predicted octanol–water partition coefficient (Wildman–Crippen LogP) is 5.14. The van der Waals surface area contributed by atoms with Crippen LogP contribution in [0.1, 0.15) is 23.2 Å². The van der Waals surface area contributed by atoms with Crippen LogP contribution in [-0.4, -0.2) is 18.4 Å². The Morgan fingerprint density at radius 1 is 1.12 bits per heavy atom. The number of carbonyl (C=O) groups is 2.